The number of hydrogen-bond donors (Lipinski definition) is 1. The summed E-state index contributed by atoms with van der Waals surface area (Å²) >= 11 is 9.45. The molecule has 21 heavy (non-hydrogen) atoms. The summed E-state index contributed by atoms with van der Waals surface area (Å²) in [5.41, 5.74) is 0.827. The lowest BCUT2D eigenvalue weighted by Gasteiger charge is -2.36. The lowest BCUT2D eigenvalue weighted by molar-refractivity contribution is -0.138. The van der Waals surface area contributed by atoms with Crippen molar-refractivity contribution >= 4 is 27.5 Å². The zero-order chi connectivity index (χ0) is 15.5. The SMILES string of the molecule is FC(F)(F)CC[C@H](c1cc(Cl)ccc1Br)N1CCNCC1. The second-order valence-electron chi connectivity index (χ2n) is 5.12. The molecule has 0 saturated carbocycles. The molecule has 7 heteroatoms. The maximum Gasteiger partial charge on any atom is 0.389 e. The minimum atomic E-state index is -4.14. The Kier molecular flexibility index (Phi) is 5.94. The highest BCUT2D eigenvalue weighted by Crippen LogP contribution is 2.36. The van der Waals surface area contributed by atoms with Crippen molar-refractivity contribution in [1.29, 1.82) is 0 Å². The molecule has 1 fully saturated rings. The second kappa shape index (κ2) is 7.31. The lowest BCUT2D eigenvalue weighted by Crippen LogP contribution is -2.45. The molecule has 0 spiro atoms. The molecule has 2 rings (SSSR count). The molecule has 0 bridgehead atoms. The van der Waals surface area contributed by atoms with Crippen molar-refractivity contribution in [1.82, 2.24) is 10.2 Å². The summed E-state index contributed by atoms with van der Waals surface area (Å²) in [7, 11) is 0. The minimum Gasteiger partial charge on any atom is -0.314 e. The van der Waals surface area contributed by atoms with Crippen LogP contribution in [-0.4, -0.2) is 37.3 Å². The molecule has 0 unspecified atom stereocenters. The van der Waals surface area contributed by atoms with Crippen LogP contribution in [0, 0.1) is 0 Å². The molecule has 0 aromatic heterocycles. The molecule has 1 atom stereocenters. The van der Waals surface area contributed by atoms with Gasteiger partial charge in [-0.05, 0) is 30.2 Å². The van der Waals surface area contributed by atoms with Gasteiger partial charge in [0.15, 0.2) is 0 Å². The smallest absolute Gasteiger partial charge is 0.314 e. The fourth-order valence-corrected chi connectivity index (χ4v) is 3.29. The van der Waals surface area contributed by atoms with Crippen molar-refractivity contribution in [2.75, 3.05) is 26.2 Å². The summed E-state index contributed by atoms with van der Waals surface area (Å²) in [5.74, 6) is 0. The first-order valence-corrected chi connectivity index (χ1v) is 8.00. The molecule has 1 aromatic rings. The molecular formula is C14H17BrClF3N2. The average molecular weight is 386 g/mol. The van der Waals surface area contributed by atoms with Gasteiger partial charge in [-0.15, -0.1) is 0 Å². The summed E-state index contributed by atoms with van der Waals surface area (Å²) in [6.45, 7) is 3.06. The summed E-state index contributed by atoms with van der Waals surface area (Å²) in [4.78, 5) is 2.10. The topological polar surface area (TPSA) is 15.3 Å². The van der Waals surface area contributed by atoms with E-state index < -0.39 is 12.6 Å². The Morgan fingerprint density at radius 3 is 2.57 bits per heavy atom. The first-order valence-electron chi connectivity index (χ1n) is 6.83. The number of hydrogen-bond acceptors (Lipinski definition) is 2. The fraction of sp³-hybridized carbons (Fsp3) is 0.571. The molecule has 118 valence electrons. The van der Waals surface area contributed by atoms with E-state index in [0.717, 1.165) is 36.2 Å². The van der Waals surface area contributed by atoms with E-state index in [4.69, 9.17) is 11.6 Å². The number of nitrogens with zero attached hydrogens (tertiary/aromatic N) is 1. The fourth-order valence-electron chi connectivity index (χ4n) is 2.60. The van der Waals surface area contributed by atoms with Crippen molar-refractivity contribution in [3.8, 4) is 0 Å². The third-order valence-electron chi connectivity index (χ3n) is 3.61. The Balaban J connectivity index is 2.23. The Bertz CT molecular complexity index is 476. The maximum atomic E-state index is 12.6. The molecule has 0 radical (unpaired) electrons. The zero-order valence-electron chi connectivity index (χ0n) is 11.4. The molecule has 1 heterocycles. The number of halogens is 5. The van der Waals surface area contributed by atoms with Crippen LogP contribution in [0.1, 0.15) is 24.4 Å². The van der Waals surface area contributed by atoms with Crippen molar-refractivity contribution in [2.24, 2.45) is 0 Å². The minimum absolute atomic E-state index is 0.0441. The van der Waals surface area contributed by atoms with Crippen LogP contribution < -0.4 is 5.32 Å². The largest absolute Gasteiger partial charge is 0.389 e. The van der Waals surface area contributed by atoms with Crippen molar-refractivity contribution in [2.45, 2.75) is 25.1 Å². The van der Waals surface area contributed by atoms with Gasteiger partial charge in [0.25, 0.3) is 0 Å². The van der Waals surface area contributed by atoms with E-state index in [1.54, 1.807) is 18.2 Å². The molecule has 0 amide bonds. The third-order valence-corrected chi connectivity index (χ3v) is 4.57. The third kappa shape index (κ3) is 5.13. The lowest BCUT2D eigenvalue weighted by atomic mass is 9.99. The van der Waals surface area contributed by atoms with Crippen LogP contribution in [0.4, 0.5) is 13.2 Å². The summed E-state index contributed by atoms with van der Waals surface area (Å²) < 4.78 is 38.6. The molecule has 1 saturated heterocycles. The van der Waals surface area contributed by atoms with Crippen molar-refractivity contribution in [3.05, 3.63) is 33.3 Å². The van der Waals surface area contributed by atoms with Gasteiger partial charge >= 0.3 is 6.18 Å². The van der Waals surface area contributed by atoms with Gasteiger partial charge in [0.05, 0.1) is 0 Å². The van der Waals surface area contributed by atoms with Gasteiger partial charge in [0.1, 0.15) is 0 Å². The van der Waals surface area contributed by atoms with Crippen molar-refractivity contribution < 1.29 is 13.2 Å². The van der Waals surface area contributed by atoms with Crippen LogP contribution in [0.3, 0.4) is 0 Å². The number of alkyl halides is 3. The van der Waals surface area contributed by atoms with Crippen LogP contribution in [0.2, 0.25) is 5.02 Å². The van der Waals surface area contributed by atoms with Gasteiger partial charge < -0.3 is 5.32 Å². The van der Waals surface area contributed by atoms with E-state index in [1.165, 1.54) is 0 Å². The van der Waals surface area contributed by atoms with Gasteiger partial charge in [-0.1, -0.05) is 27.5 Å². The summed E-state index contributed by atoms with van der Waals surface area (Å²) in [5, 5.41) is 3.76. The Morgan fingerprint density at radius 1 is 1.29 bits per heavy atom. The molecule has 1 N–H and O–H groups in total. The molecule has 2 nitrogen and oxygen atoms in total. The average Bonchev–Trinajstić information content (AvgIpc) is 2.43. The Morgan fingerprint density at radius 2 is 1.95 bits per heavy atom. The highest BCUT2D eigenvalue weighted by Gasteiger charge is 2.32. The Hall–Kier alpha value is -0.300. The molecular weight excluding hydrogens is 369 g/mol. The number of piperazine rings is 1. The predicted molar refractivity (Wildman–Crippen MR) is 81.6 cm³/mol. The summed E-state index contributed by atoms with van der Waals surface area (Å²) in [6, 6.07) is 5.00. The highest BCUT2D eigenvalue weighted by molar-refractivity contribution is 9.10. The van der Waals surface area contributed by atoms with Crippen LogP contribution in [0.15, 0.2) is 22.7 Å². The van der Waals surface area contributed by atoms with E-state index in [1.807, 2.05) is 0 Å². The number of rotatable bonds is 4. The summed E-state index contributed by atoms with van der Waals surface area (Å²) in [6.07, 6.45) is -4.89. The standard InChI is InChI=1S/C14H17BrClF3N2/c15-12-2-1-10(16)9-11(12)13(3-4-14(17,18)19)21-7-5-20-6-8-21/h1-2,9,13,20H,3-8H2/t13-/m1/s1. The Labute approximate surface area is 135 Å². The second-order valence-corrected chi connectivity index (χ2v) is 6.41. The van der Waals surface area contributed by atoms with Gasteiger partial charge in [0, 0.05) is 48.1 Å². The highest BCUT2D eigenvalue weighted by atomic mass is 79.9. The van der Waals surface area contributed by atoms with Gasteiger partial charge in [0.2, 0.25) is 0 Å². The van der Waals surface area contributed by atoms with Crippen LogP contribution in [0.25, 0.3) is 0 Å². The van der Waals surface area contributed by atoms with Gasteiger partial charge in [-0.3, -0.25) is 4.90 Å². The number of nitrogens with one attached hydrogen (secondary N) is 1. The zero-order valence-corrected chi connectivity index (χ0v) is 13.7. The van der Waals surface area contributed by atoms with E-state index in [2.05, 4.69) is 26.1 Å². The van der Waals surface area contributed by atoms with E-state index in [9.17, 15) is 13.2 Å². The predicted octanol–water partition coefficient (Wildman–Crippen LogP) is 4.39. The van der Waals surface area contributed by atoms with E-state index >= 15 is 0 Å². The molecule has 1 aliphatic rings. The van der Waals surface area contributed by atoms with Crippen LogP contribution in [-0.2, 0) is 0 Å². The van der Waals surface area contributed by atoms with E-state index in [-0.39, 0.29) is 12.5 Å². The van der Waals surface area contributed by atoms with Gasteiger partial charge in [-0.2, -0.15) is 13.2 Å². The monoisotopic (exact) mass is 384 g/mol. The van der Waals surface area contributed by atoms with E-state index in [0.29, 0.717) is 5.02 Å². The van der Waals surface area contributed by atoms with Crippen LogP contribution >= 0.6 is 27.5 Å². The van der Waals surface area contributed by atoms with Gasteiger partial charge in [-0.25, -0.2) is 0 Å². The van der Waals surface area contributed by atoms with Crippen LogP contribution in [0.5, 0.6) is 0 Å². The first-order chi connectivity index (χ1) is 9.87. The maximum absolute atomic E-state index is 12.6. The number of benzene rings is 1. The molecule has 0 aliphatic carbocycles. The quantitative estimate of drug-likeness (QED) is 0.827. The van der Waals surface area contributed by atoms with Crippen molar-refractivity contribution in [3.63, 3.8) is 0 Å². The molecule has 1 aliphatic heterocycles. The molecule has 1 aromatic carbocycles. The normalized spacial score (nSPS) is 18.7. The first kappa shape index (κ1) is 17.1.